The van der Waals surface area contributed by atoms with Crippen LogP contribution in [0.4, 0.5) is 0 Å². The molecule has 7 nitrogen and oxygen atoms in total. The number of rotatable bonds is 7. The Bertz CT molecular complexity index is 338. The van der Waals surface area contributed by atoms with E-state index in [-0.39, 0.29) is 82.8 Å². The minimum Gasteiger partial charge on any atom is -0.654 e. The van der Waals surface area contributed by atoms with Crippen LogP contribution in [0.15, 0.2) is 0 Å². The van der Waals surface area contributed by atoms with Gasteiger partial charge < -0.3 is 26.8 Å². The smallest absolute Gasteiger partial charge is 0.654 e. The average Bonchev–Trinajstić information content (AvgIpc) is 2.70. The van der Waals surface area contributed by atoms with E-state index in [1.807, 2.05) is 27.7 Å². The molecule has 0 aromatic rings. The van der Waals surface area contributed by atoms with Gasteiger partial charge in [0, 0.05) is 13.2 Å². The molecule has 1 aliphatic rings. The van der Waals surface area contributed by atoms with Crippen molar-refractivity contribution >= 4 is 11.7 Å². The molecule has 1 heterocycles. The number of amides is 1. The third-order valence-electron chi connectivity index (χ3n) is 3.10. The summed E-state index contributed by atoms with van der Waals surface area (Å²) in [4.78, 5) is 22.6. The first-order chi connectivity index (χ1) is 13.8. The number of carbonyl (C=O) groups is 2. The van der Waals surface area contributed by atoms with E-state index in [0.717, 1.165) is 25.4 Å². The van der Waals surface area contributed by atoms with E-state index < -0.39 is 6.04 Å². The Labute approximate surface area is 229 Å². The zero-order valence-corrected chi connectivity index (χ0v) is 24.8. The first-order valence-electron chi connectivity index (χ1n) is 11.2. The molecule has 1 amide bonds. The fourth-order valence-corrected chi connectivity index (χ4v) is 1.99. The number of hydrogen-bond acceptors (Lipinski definition) is 5. The summed E-state index contributed by atoms with van der Waals surface area (Å²) >= 11 is 0. The zero-order valence-electron chi connectivity index (χ0n) is 21.7. The van der Waals surface area contributed by atoms with Crippen molar-refractivity contribution in [2.24, 2.45) is 17.6 Å². The maximum absolute atomic E-state index is 11.5. The molecule has 178 valence electrons. The predicted molar refractivity (Wildman–Crippen MR) is 126 cm³/mol. The second-order valence-electron chi connectivity index (χ2n) is 6.79. The van der Waals surface area contributed by atoms with Crippen LogP contribution in [0.1, 0.15) is 75.2 Å². The Balaban J connectivity index is -0.000000147. The van der Waals surface area contributed by atoms with Gasteiger partial charge >= 0.3 is 51.4 Å². The van der Waals surface area contributed by atoms with Crippen LogP contribution in [0.3, 0.4) is 0 Å². The fourth-order valence-electron chi connectivity index (χ4n) is 1.99. The maximum Gasteiger partial charge on any atom is 1.00 e. The fraction of sp³-hybridized carbons (Fsp3) is 0.909. The van der Waals surface area contributed by atoms with Crippen molar-refractivity contribution in [1.82, 2.24) is 10.6 Å². The summed E-state index contributed by atoms with van der Waals surface area (Å²) < 4.78 is 0. The van der Waals surface area contributed by atoms with E-state index in [1.165, 1.54) is 13.3 Å². The minimum atomic E-state index is -0.580. The number of piperidine rings is 1. The molecule has 0 spiro atoms. The Morgan fingerprint density at radius 3 is 2.00 bits per heavy atom. The Morgan fingerprint density at radius 2 is 1.67 bits per heavy atom. The molecule has 5 N–H and O–H groups in total. The van der Waals surface area contributed by atoms with Gasteiger partial charge in [-0.05, 0) is 51.6 Å². The second-order valence-corrected chi connectivity index (χ2v) is 6.79. The van der Waals surface area contributed by atoms with E-state index in [0.29, 0.717) is 12.5 Å². The van der Waals surface area contributed by atoms with Crippen LogP contribution < -0.4 is 67.8 Å². The molecule has 1 unspecified atom stereocenters. The number of ketones is 1. The molecule has 1 aliphatic heterocycles. The van der Waals surface area contributed by atoms with Crippen LogP contribution in [0.5, 0.6) is 0 Å². The molecule has 1 rings (SSSR count). The summed E-state index contributed by atoms with van der Waals surface area (Å²) in [7, 11) is 0. The van der Waals surface area contributed by atoms with Crippen molar-refractivity contribution in [2.45, 2.75) is 81.2 Å². The molecule has 0 aliphatic carbocycles. The third kappa shape index (κ3) is 36.0. The van der Waals surface area contributed by atoms with E-state index in [4.69, 9.17) is 10.8 Å². The average molecular weight is 459 g/mol. The van der Waals surface area contributed by atoms with Crippen LogP contribution >= 0.6 is 0 Å². The summed E-state index contributed by atoms with van der Waals surface area (Å²) in [6.07, 6.45) is 2.34. The van der Waals surface area contributed by atoms with Gasteiger partial charge in [-0.3, -0.25) is 9.59 Å². The molecule has 2 atom stereocenters. The van der Waals surface area contributed by atoms with Crippen LogP contribution in [-0.4, -0.2) is 62.2 Å². The molecule has 0 saturated carbocycles. The number of carbonyl (C=O) groups excluding carboxylic acids is 2. The van der Waals surface area contributed by atoms with Crippen LogP contribution in [0, 0.1) is 11.8 Å². The molecule has 1 fully saturated rings. The summed E-state index contributed by atoms with van der Waals surface area (Å²) in [6.45, 7) is 20.8. The van der Waals surface area contributed by atoms with E-state index in [9.17, 15) is 9.59 Å². The molecular formula is C22H51KN4O3. The number of Topliss-reactive ketones (excluding diaryl/α,β-unsaturated/α-hetero) is 1. The third-order valence-corrected chi connectivity index (χ3v) is 3.10. The van der Waals surface area contributed by atoms with Gasteiger partial charge in [-0.15, -0.1) is 6.54 Å². The predicted octanol–water partition coefficient (Wildman–Crippen LogP) is 0.110. The molecule has 0 aromatic carbocycles. The summed E-state index contributed by atoms with van der Waals surface area (Å²) in [5.41, 5.74) is 5.39. The molecule has 0 aromatic heterocycles. The number of hydrogen-bond donors (Lipinski definition) is 4. The largest absolute Gasteiger partial charge is 1.00 e. The summed E-state index contributed by atoms with van der Waals surface area (Å²) in [5.74, 6) is 1.01. The van der Waals surface area contributed by atoms with Crippen molar-refractivity contribution in [1.29, 1.82) is 0 Å². The Kier molecular flexibility index (Phi) is 46.7. The van der Waals surface area contributed by atoms with Crippen molar-refractivity contribution < 1.29 is 66.1 Å². The standard InChI is InChI=1S/C12H23N4O2.C4H10.C2H6O.2C2H6.K/c1-9(17)11(5-13)16-12(18)8-15-7-10-3-2-4-14-6-10;1-4(2)3;1-2-3;2*1-2;/h10-11,14H,2-8,13H2,1H3,(H,16,18);4H,1-3H3;3H,2H2,1H3;2*1-2H3;/q-1;;;;;+1/t10-,11?;;;;;/m1...../s1. The molecule has 1 saturated heterocycles. The van der Waals surface area contributed by atoms with Gasteiger partial charge in [0.2, 0.25) is 0 Å². The first-order valence-corrected chi connectivity index (χ1v) is 11.2. The van der Waals surface area contributed by atoms with Crippen molar-refractivity contribution in [3.8, 4) is 0 Å². The Hall–Kier alpha value is 0.616. The molecule has 8 heteroatoms. The monoisotopic (exact) mass is 458 g/mol. The van der Waals surface area contributed by atoms with Gasteiger partial charge in [0.25, 0.3) is 0 Å². The number of nitrogens with one attached hydrogen (secondary N) is 2. The number of aliphatic hydroxyl groups excluding tert-OH is 1. The van der Waals surface area contributed by atoms with Gasteiger partial charge in [0.15, 0.2) is 11.7 Å². The topological polar surface area (TPSA) is 119 Å². The number of nitrogens with zero attached hydrogens (tertiary/aromatic N) is 1. The van der Waals surface area contributed by atoms with Gasteiger partial charge in [0.05, 0.1) is 6.04 Å². The van der Waals surface area contributed by atoms with Crippen LogP contribution in [-0.2, 0) is 9.59 Å². The Morgan fingerprint density at radius 1 is 1.20 bits per heavy atom. The molecule has 0 bridgehead atoms. The van der Waals surface area contributed by atoms with Crippen LogP contribution in [0.2, 0.25) is 0 Å². The minimum absolute atomic E-state index is 0. The zero-order chi connectivity index (χ0) is 23.7. The SMILES string of the molecule is CC.CC.CC(=O)C(CN)NC(=O)C[N-]C[C@@H]1CCCNC1.CC(C)C.CCO.[K+]. The molecule has 30 heavy (non-hydrogen) atoms. The summed E-state index contributed by atoms with van der Waals surface area (Å²) in [6, 6.07) is -0.580. The van der Waals surface area contributed by atoms with Crippen LogP contribution in [0.25, 0.3) is 5.32 Å². The van der Waals surface area contributed by atoms with Gasteiger partial charge in [-0.2, -0.15) is 0 Å². The first kappa shape index (κ1) is 40.9. The summed E-state index contributed by atoms with van der Waals surface area (Å²) in [5, 5.41) is 17.7. The quantitative estimate of drug-likeness (QED) is 0.404. The van der Waals surface area contributed by atoms with E-state index in [1.54, 1.807) is 6.92 Å². The van der Waals surface area contributed by atoms with Gasteiger partial charge in [0.1, 0.15) is 0 Å². The van der Waals surface area contributed by atoms with Gasteiger partial charge in [-0.25, -0.2) is 0 Å². The second kappa shape index (κ2) is 34.2. The van der Waals surface area contributed by atoms with E-state index >= 15 is 0 Å². The normalized spacial score (nSPS) is 15.0. The number of nitrogens with two attached hydrogens (primary N) is 1. The maximum atomic E-state index is 11.5. The van der Waals surface area contributed by atoms with Crippen molar-refractivity contribution in [3.63, 3.8) is 0 Å². The molecular weight excluding hydrogens is 407 g/mol. The van der Waals surface area contributed by atoms with E-state index in [2.05, 4.69) is 36.7 Å². The van der Waals surface area contributed by atoms with Crippen molar-refractivity contribution in [2.75, 3.05) is 39.3 Å². The van der Waals surface area contributed by atoms with Gasteiger partial charge in [-0.1, -0.05) is 55.0 Å². The number of aliphatic hydroxyl groups is 1. The molecule has 0 radical (unpaired) electrons. The van der Waals surface area contributed by atoms with Crippen molar-refractivity contribution in [3.05, 3.63) is 5.32 Å².